The Bertz CT molecular complexity index is 555. The van der Waals surface area contributed by atoms with E-state index in [2.05, 4.69) is 0 Å². The van der Waals surface area contributed by atoms with E-state index in [0.717, 1.165) is 5.56 Å². The molecular formula is C16H19NO5. The van der Waals surface area contributed by atoms with E-state index < -0.39 is 36.5 Å². The van der Waals surface area contributed by atoms with Gasteiger partial charge in [-0.3, -0.25) is 0 Å². The topological polar surface area (TPSA) is 80.9 Å². The second-order valence-corrected chi connectivity index (χ2v) is 5.91. The number of hydrogen-bond acceptors (Lipinski definition) is 6. The average molecular weight is 305 g/mol. The summed E-state index contributed by atoms with van der Waals surface area (Å²) in [7, 11) is 0. The van der Waals surface area contributed by atoms with Gasteiger partial charge < -0.3 is 24.1 Å². The first kappa shape index (κ1) is 15.4. The molecule has 2 fully saturated rings. The van der Waals surface area contributed by atoms with Crippen LogP contribution in [0, 0.1) is 11.3 Å². The molecule has 2 saturated heterocycles. The number of ether oxygens (including phenoxy) is 4. The number of aliphatic hydroxyl groups excluding tert-OH is 1. The highest BCUT2D eigenvalue weighted by atomic mass is 16.8. The molecule has 0 spiro atoms. The molecule has 0 aromatic heterocycles. The van der Waals surface area contributed by atoms with Crippen molar-refractivity contribution >= 4 is 0 Å². The lowest BCUT2D eigenvalue weighted by Crippen LogP contribution is -2.56. The minimum atomic E-state index is -1.09. The molecule has 0 saturated carbocycles. The average Bonchev–Trinajstić information content (AvgIpc) is 2.81. The molecule has 6 nitrogen and oxygen atoms in total. The molecule has 2 aliphatic heterocycles. The monoisotopic (exact) mass is 305 g/mol. The third kappa shape index (κ3) is 3.00. The molecule has 0 bridgehead atoms. The minimum absolute atomic E-state index is 0.313. The van der Waals surface area contributed by atoms with E-state index in [1.54, 1.807) is 13.8 Å². The molecule has 0 radical (unpaired) electrons. The molecule has 6 heteroatoms. The zero-order valence-corrected chi connectivity index (χ0v) is 12.5. The van der Waals surface area contributed by atoms with Gasteiger partial charge in [-0.15, -0.1) is 0 Å². The maximum absolute atomic E-state index is 10.3. The molecule has 2 heterocycles. The Balaban J connectivity index is 1.75. The number of aliphatic hydroxyl groups is 1. The van der Waals surface area contributed by atoms with Gasteiger partial charge in [0.15, 0.2) is 18.2 Å². The molecular weight excluding hydrogens is 286 g/mol. The summed E-state index contributed by atoms with van der Waals surface area (Å²) in [6.07, 6.45) is -4.07. The number of rotatable bonds is 3. The smallest absolute Gasteiger partial charge is 0.191 e. The molecule has 2 unspecified atom stereocenters. The van der Waals surface area contributed by atoms with Crippen LogP contribution in [-0.4, -0.2) is 41.6 Å². The van der Waals surface area contributed by atoms with E-state index in [1.807, 2.05) is 36.4 Å². The molecule has 1 aromatic rings. The Morgan fingerprint density at radius 1 is 1.27 bits per heavy atom. The number of nitriles is 1. The first-order chi connectivity index (χ1) is 10.5. The quantitative estimate of drug-likeness (QED) is 0.907. The predicted molar refractivity (Wildman–Crippen MR) is 75.3 cm³/mol. The summed E-state index contributed by atoms with van der Waals surface area (Å²) >= 11 is 0. The Morgan fingerprint density at radius 3 is 2.68 bits per heavy atom. The Hall–Kier alpha value is -1.49. The number of fused-ring (bicyclic) bond motifs is 1. The van der Waals surface area contributed by atoms with E-state index in [9.17, 15) is 5.11 Å². The molecule has 2 aliphatic rings. The summed E-state index contributed by atoms with van der Waals surface area (Å²) in [5.41, 5.74) is 0.976. The summed E-state index contributed by atoms with van der Waals surface area (Å²) < 4.78 is 22.7. The predicted octanol–water partition coefficient (Wildman–Crippen LogP) is 1.33. The van der Waals surface area contributed by atoms with Crippen molar-refractivity contribution < 1.29 is 24.1 Å². The van der Waals surface area contributed by atoms with Gasteiger partial charge >= 0.3 is 0 Å². The maximum atomic E-state index is 10.3. The molecule has 118 valence electrons. The van der Waals surface area contributed by atoms with Crippen LogP contribution in [0.4, 0.5) is 0 Å². The molecule has 22 heavy (non-hydrogen) atoms. The van der Waals surface area contributed by atoms with Crippen LogP contribution in [0.25, 0.3) is 0 Å². The zero-order chi connectivity index (χ0) is 15.7. The largest absolute Gasteiger partial charge is 0.386 e. The van der Waals surface area contributed by atoms with Crippen molar-refractivity contribution in [2.45, 2.75) is 56.9 Å². The van der Waals surface area contributed by atoms with Crippen molar-refractivity contribution in [3.05, 3.63) is 35.9 Å². The fraction of sp³-hybridized carbons (Fsp3) is 0.562. The summed E-state index contributed by atoms with van der Waals surface area (Å²) in [4.78, 5) is 0. The van der Waals surface area contributed by atoms with Crippen LogP contribution in [0.15, 0.2) is 30.3 Å². The summed E-state index contributed by atoms with van der Waals surface area (Å²) in [5.74, 6) is -0.840. The maximum Gasteiger partial charge on any atom is 0.191 e. The van der Waals surface area contributed by atoms with Crippen LogP contribution < -0.4 is 0 Å². The summed E-state index contributed by atoms with van der Waals surface area (Å²) in [6.45, 7) is 3.83. The van der Waals surface area contributed by atoms with Gasteiger partial charge in [0.05, 0.1) is 12.7 Å². The second-order valence-electron chi connectivity index (χ2n) is 5.91. The van der Waals surface area contributed by atoms with Crippen molar-refractivity contribution in [2.24, 2.45) is 0 Å². The van der Waals surface area contributed by atoms with Crippen molar-refractivity contribution in [1.82, 2.24) is 0 Å². The third-order valence-corrected chi connectivity index (χ3v) is 3.75. The second kappa shape index (κ2) is 5.95. The Labute approximate surface area is 129 Å². The zero-order valence-electron chi connectivity index (χ0n) is 12.5. The van der Waals surface area contributed by atoms with Gasteiger partial charge in [-0.05, 0) is 19.4 Å². The molecule has 5 atom stereocenters. The van der Waals surface area contributed by atoms with E-state index in [4.69, 9.17) is 24.2 Å². The van der Waals surface area contributed by atoms with Gasteiger partial charge in [0.25, 0.3) is 0 Å². The minimum Gasteiger partial charge on any atom is -0.386 e. The first-order valence-corrected chi connectivity index (χ1v) is 7.24. The summed E-state index contributed by atoms with van der Waals surface area (Å²) in [6, 6.07) is 11.5. The normalized spacial score (nSPS) is 36.5. The highest BCUT2D eigenvalue weighted by molar-refractivity contribution is 5.13. The fourth-order valence-electron chi connectivity index (χ4n) is 2.74. The molecule has 1 N–H and O–H groups in total. The van der Waals surface area contributed by atoms with Crippen LogP contribution in [0.5, 0.6) is 0 Å². The number of hydrogen-bond donors (Lipinski definition) is 1. The van der Waals surface area contributed by atoms with E-state index in [-0.39, 0.29) is 0 Å². The molecule has 0 aliphatic carbocycles. The highest BCUT2D eigenvalue weighted by Crippen LogP contribution is 2.37. The highest BCUT2D eigenvalue weighted by Gasteiger charge is 2.55. The van der Waals surface area contributed by atoms with Crippen molar-refractivity contribution in [1.29, 1.82) is 5.26 Å². The van der Waals surface area contributed by atoms with E-state index >= 15 is 0 Å². The summed E-state index contributed by atoms with van der Waals surface area (Å²) in [5, 5.41) is 19.4. The fourth-order valence-corrected chi connectivity index (χ4v) is 2.74. The Kier molecular flexibility index (Phi) is 4.17. The van der Waals surface area contributed by atoms with Gasteiger partial charge in [-0.2, -0.15) is 5.26 Å². The van der Waals surface area contributed by atoms with Gasteiger partial charge in [0.2, 0.25) is 0 Å². The van der Waals surface area contributed by atoms with Gasteiger partial charge in [0.1, 0.15) is 18.3 Å². The van der Waals surface area contributed by atoms with Crippen LogP contribution in [0.3, 0.4) is 0 Å². The van der Waals surface area contributed by atoms with Crippen LogP contribution in [-0.2, 0) is 25.6 Å². The van der Waals surface area contributed by atoms with Gasteiger partial charge in [-0.25, -0.2) is 0 Å². The van der Waals surface area contributed by atoms with Crippen molar-refractivity contribution in [2.75, 3.05) is 0 Å². The van der Waals surface area contributed by atoms with Crippen LogP contribution >= 0.6 is 0 Å². The van der Waals surface area contributed by atoms with Crippen LogP contribution in [0.1, 0.15) is 19.4 Å². The molecule has 0 amide bonds. The number of benzene rings is 1. The van der Waals surface area contributed by atoms with Gasteiger partial charge in [-0.1, -0.05) is 30.3 Å². The standard InChI is InChI=1S/C16H19NO5/c1-16(2)21-14-13(19-9-10-6-4-3-5-7-10)12(18)11(8-17)20-15(14)22-16/h3-7,11-15,18H,9H2,1-2H3/t11?,12-,13-,14?,15+/m1/s1. The van der Waals surface area contributed by atoms with E-state index in [1.165, 1.54) is 0 Å². The molecule has 1 aromatic carbocycles. The number of nitrogens with zero attached hydrogens (tertiary/aromatic N) is 1. The Morgan fingerprint density at radius 2 is 2.00 bits per heavy atom. The lowest BCUT2D eigenvalue weighted by molar-refractivity contribution is -0.246. The van der Waals surface area contributed by atoms with Gasteiger partial charge in [0, 0.05) is 0 Å². The van der Waals surface area contributed by atoms with Crippen molar-refractivity contribution in [3.8, 4) is 6.07 Å². The van der Waals surface area contributed by atoms with Crippen LogP contribution in [0.2, 0.25) is 0 Å². The van der Waals surface area contributed by atoms with Crippen molar-refractivity contribution in [3.63, 3.8) is 0 Å². The third-order valence-electron chi connectivity index (χ3n) is 3.75. The first-order valence-electron chi connectivity index (χ1n) is 7.24. The lowest BCUT2D eigenvalue weighted by Gasteiger charge is -2.37. The SMILES string of the molecule is CC1(C)OC2[C@@H](OC(C#N)[C@@H](O)[C@H]2OCc2ccccc2)O1. The molecule has 3 rings (SSSR count). The van der Waals surface area contributed by atoms with E-state index in [0.29, 0.717) is 6.61 Å². The lowest BCUT2D eigenvalue weighted by atomic mass is 9.99.